The Hall–Kier alpha value is -2.50. The number of nitrogens with zero attached hydrogens (tertiary/aromatic N) is 3. The molecule has 0 saturated carbocycles. The number of hydrogen-bond acceptors (Lipinski definition) is 5. The highest BCUT2D eigenvalue weighted by molar-refractivity contribution is 5.89. The number of nitrogens with one attached hydrogen (secondary N) is 1. The van der Waals surface area contributed by atoms with E-state index in [9.17, 15) is 4.79 Å². The van der Waals surface area contributed by atoms with E-state index in [-0.39, 0.29) is 11.7 Å². The van der Waals surface area contributed by atoms with E-state index < -0.39 is 5.91 Å². The monoisotopic (exact) mass is 230 g/mol. The summed E-state index contributed by atoms with van der Waals surface area (Å²) in [6, 6.07) is 5.31. The van der Waals surface area contributed by atoms with Crippen LogP contribution in [0.1, 0.15) is 10.7 Å². The van der Waals surface area contributed by atoms with Gasteiger partial charge in [-0.25, -0.2) is 0 Å². The molecule has 0 aliphatic heterocycles. The standard InChI is InChI=1S/C11H10N4O2/c1-2-6-13-10(16)11-14-9(15-17-11)8-5-3-4-7-12-8/h2-5,7H,1,6H2,(H,13,16). The van der Waals surface area contributed by atoms with Crippen molar-refractivity contribution in [1.29, 1.82) is 0 Å². The molecule has 1 amide bonds. The van der Waals surface area contributed by atoms with Gasteiger partial charge in [-0.2, -0.15) is 4.98 Å². The highest BCUT2D eigenvalue weighted by Gasteiger charge is 2.15. The van der Waals surface area contributed by atoms with Crippen LogP contribution in [0.4, 0.5) is 0 Å². The molecule has 0 aliphatic carbocycles. The summed E-state index contributed by atoms with van der Waals surface area (Å²) in [6.07, 6.45) is 3.18. The van der Waals surface area contributed by atoms with Crippen molar-refractivity contribution >= 4 is 5.91 Å². The van der Waals surface area contributed by atoms with E-state index in [2.05, 4.69) is 27.0 Å². The van der Waals surface area contributed by atoms with E-state index in [1.807, 2.05) is 0 Å². The lowest BCUT2D eigenvalue weighted by Crippen LogP contribution is -2.23. The second-order valence-corrected chi connectivity index (χ2v) is 3.14. The Morgan fingerprint density at radius 2 is 2.41 bits per heavy atom. The molecular formula is C11H10N4O2. The maximum absolute atomic E-state index is 11.5. The van der Waals surface area contributed by atoms with Crippen LogP contribution in [0, 0.1) is 0 Å². The molecule has 0 spiro atoms. The fourth-order valence-electron chi connectivity index (χ4n) is 1.16. The van der Waals surface area contributed by atoms with E-state index in [1.54, 1.807) is 30.5 Å². The van der Waals surface area contributed by atoms with Gasteiger partial charge in [-0.15, -0.1) is 6.58 Å². The minimum Gasteiger partial charge on any atom is -0.344 e. The first kappa shape index (κ1) is 11.0. The average molecular weight is 230 g/mol. The van der Waals surface area contributed by atoms with Crippen LogP contribution in [0.2, 0.25) is 0 Å². The van der Waals surface area contributed by atoms with E-state index >= 15 is 0 Å². The van der Waals surface area contributed by atoms with Crippen LogP contribution in [0.15, 0.2) is 41.6 Å². The normalized spacial score (nSPS) is 9.88. The molecule has 1 N–H and O–H groups in total. The largest absolute Gasteiger partial charge is 0.344 e. The molecule has 17 heavy (non-hydrogen) atoms. The van der Waals surface area contributed by atoms with Crippen molar-refractivity contribution in [2.24, 2.45) is 0 Å². The van der Waals surface area contributed by atoms with Crippen molar-refractivity contribution in [3.8, 4) is 11.5 Å². The van der Waals surface area contributed by atoms with Crippen LogP contribution in [0.25, 0.3) is 11.5 Å². The fourth-order valence-corrected chi connectivity index (χ4v) is 1.16. The van der Waals surface area contributed by atoms with Crippen molar-refractivity contribution < 1.29 is 9.32 Å². The van der Waals surface area contributed by atoms with Crippen LogP contribution in [-0.2, 0) is 0 Å². The summed E-state index contributed by atoms with van der Waals surface area (Å²) in [7, 11) is 0. The van der Waals surface area contributed by atoms with E-state index in [0.29, 0.717) is 12.2 Å². The molecule has 2 rings (SSSR count). The fraction of sp³-hybridized carbons (Fsp3) is 0.0909. The number of amides is 1. The van der Waals surface area contributed by atoms with Crippen LogP contribution in [0.3, 0.4) is 0 Å². The quantitative estimate of drug-likeness (QED) is 0.794. The minimum absolute atomic E-state index is 0.0903. The first-order valence-corrected chi connectivity index (χ1v) is 4.95. The molecule has 2 aromatic heterocycles. The van der Waals surface area contributed by atoms with E-state index in [0.717, 1.165) is 0 Å². The maximum Gasteiger partial charge on any atom is 0.316 e. The molecule has 0 saturated heterocycles. The molecule has 2 heterocycles. The Balaban J connectivity index is 2.16. The molecule has 0 bridgehead atoms. The van der Waals surface area contributed by atoms with Gasteiger partial charge in [0.05, 0.1) is 0 Å². The third-order valence-corrected chi connectivity index (χ3v) is 1.92. The second kappa shape index (κ2) is 5.02. The van der Waals surface area contributed by atoms with Crippen LogP contribution in [0.5, 0.6) is 0 Å². The van der Waals surface area contributed by atoms with Gasteiger partial charge in [0.25, 0.3) is 0 Å². The Bertz CT molecular complexity index is 521. The number of hydrogen-bond donors (Lipinski definition) is 1. The molecule has 0 atom stereocenters. The second-order valence-electron chi connectivity index (χ2n) is 3.14. The number of pyridine rings is 1. The summed E-state index contributed by atoms with van der Waals surface area (Å²) in [5.74, 6) is -0.235. The predicted octanol–water partition coefficient (Wildman–Crippen LogP) is 1.05. The third-order valence-electron chi connectivity index (χ3n) is 1.92. The first-order valence-electron chi connectivity index (χ1n) is 4.95. The first-order chi connectivity index (χ1) is 8.31. The van der Waals surface area contributed by atoms with Gasteiger partial charge in [-0.1, -0.05) is 17.3 Å². The smallest absolute Gasteiger partial charge is 0.316 e. The van der Waals surface area contributed by atoms with Gasteiger partial charge in [-0.05, 0) is 12.1 Å². The molecule has 0 fully saturated rings. The van der Waals surface area contributed by atoms with E-state index in [1.165, 1.54) is 0 Å². The van der Waals surface area contributed by atoms with Crippen molar-refractivity contribution in [2.75, 3.05) is 6.54 Å². The number of carbonyl (C=O) groups is 1. The third kappa shape index (κ3) is 2.54. The van der Waals surface area contributed by atoms with Gasteiger partial charge in [-0.3, -0.25) is 9.78 Å². The number of carbonyl (C=O) groups excluding carboxylic acids is 1. The minimum atomic E-state index is -0.431. The summed E-state index contributed by atoms with van der Waals surface area (Å²) in [5.41, 5.74) is 0.555. The van der Waals surface area contributed by atoms with Gasteiger partial charge in [0.1, 0.15) is 5.69 Å². The van der Waals surface area contributed by atoms with E-state index in [4.69, 9.17) is 4.52 Å². The highest BCUT2D eigenvalue weighted by atomic mass is 16.5. The van der Waals surface area contributed by atoms with Gasteiger partial charge in [0.15, 0.2) is 0 Å². The Morgan fingerprint density at radius 1 is 1.53 bits per heavy atom. The maximum atomic E-state index is 11.5. The molecule has 6 heteroatoms. The Labute approximate surface area is 97.4 Å². The zero-order valence-corrected chi connectivity index (χ0v) is 8.96. The summed E-state index contributed by atoms with van der Waals surface area (Å²) < 4.78 is 4.83. The molecule has 0 aliphatic rings. The van der Waals surface area contributed by atoms with Crippen LogP contribution < -0.4 is 5.32 Å². The topological polar surface area (TPSA) is 80.9 Å². The predicted molar refractivity (Wildman–Crippen MR) is 60.1 cm³/mol. The molecule has 6 nitrogen and oxygen atoms in total. The number of aromatic nitrogens is 3. The SMILES string of the molecule is C=CCNC(=O)c1nc(-c2ccccn2)no1. The molecule has 2 aromatic rings. The van der Waals surface area contributed by atoms with Crippen molar-refractivity contribution in [2.45, 2.75) is 0 Å². The lowest BCUT2D eigenvalue weighted by molar-refractivity contribution is 0.0914. The molecular weight excluding hydrogens is 220 g/mol. The molecule has 0 radical (unpaired) electrons. The van der Waals surface area contributed by atoms with Gasteiger partial charge in [0.2, 0.25) is 5.82 Å². The molecule has 0 aromatic carbocycles. The van der Waals surface area contributed by atoms with Crippen molar-refractivity contribution in [3.63, 3.8) is 0 Å². The zero-order valence-electron chi connectivity index (χ0n) is 8.96. The number of rotatable bonds is 4. The summed E-state index contributed by atoms with van der Waals surface area (Å²) in [6.45, 7) is 3.84. The molecule has 0 unspecified atom stereocenters. The van der Waals surface area contributed by atoms with Gasteiger partial charge >= 0.3 is 11.8 Å². The Morgan fingerprint density at radius 3 is 3.12 bits per heavy atom. The van der Waals surface area contributed by atoms with Crippen LogP contribution in [-0.4, -0.2) is 27.6 Å². The van der Waals surface area contributed by atoms with Crippen LogP contribution >= 0.6 is 0 Å². The lowest BCUT2D eigenvalue weighted by atomic mass is 10.3. The summed E-state index contributed by atoms with van der Waals surface area (Å²) in [5, 5.41) is 6.22. The zero-order chi connectivity index (χ0) is 12.1. The highest BCUT2D eigenvalue weighted by Crippen LogP contribution is 2.11. The van der Waals surface area contributed by atoms with Gasteiger partial charge < -0.3 is 9.84 Å². The lowest BCUT2D eigenvalue weighted by Gasteiger charge is -1.94. The van der Waals surface area contributed by atoms with Crippen molar-refractivity contribution in [3.05, 3.63) is 42.9 Å². The van der Waals surface area contributed by atoms with Gasteiger partial charge in [0, 0.05) is 12.7 Å². The summed E-state index contributed by atoms with van der Waals surface area (Å²) in [4.78, 5) is 19.5. The average Bonchev–Trinajstić information content (AvgIpc) is 2.86. The molecule has 86 valence electrons. The van der Waals surface area contributed by atoms with Crippen molar-refractivity contribution in [1.82, 2.24) is 20.4 Å². The Kier molecular flexibility index (Phi) is 3.25. The summed E-state index contributed by atoms with van der Waals surface area (Å²) >= 11 is 0.